The normalized spacial score (nSPS) is 11.1. The van der Waals surface area contributed by atoms with Crippen LogP contribution in [0.4, 0.5) is 5.69 Å². The first-order valence-corrected chi connectivity index (χ1v) is 4.71. The summed E-state index contributed by atoms with van der Waals surface area (Å²) >= 11 is 0. The van der Waals surface area contributed by atoms with Gasteiger partial charge >= 0.3 is 0 Å². The molecule has 0 aliphatic rings. The molecular formula is C10H14N4O. The first kappa shape index (κ1) is 9.92. The predicted molar refractivity (Wildman–Crippen MR) is 58.4 cm³/mol. The van der Waals surface area contributed by atoms with Gasteiger partial charge < -0.3 is 10.5 Å². The molecular weight excluding hydrogens is 192 g/mol. The fraction of sp³-hybridized carbons (Fsp3) is 0.400. The van der Waals surface area contributed by atoms with Gasteiger partial charge in [-0.3, -0.25) is 4.68 Å². The second-order valence-corrected chi connectivity index (χ2v) is 3.54. The van der Waals surface area contributed by atoms with Crippen molar-refractivity contribution in [2.24, 2.45) is 7.05 Å². The van der Waals surface area contributed by atoms with E-state index in [4.69, 9.17) is 10.5 Å². The van der Waals surface area contributed by atoms with Gasteiger partial charge in [-0.2, -0.15) is 5.10 Å². The average Bonchev–Trinajstić information content (AvgIpc) is 2.46. The summed E-state index contributed by atoms with van der Waals surface area (Å²) in [6, 6.07) is 1.90. The first-order valence-electron chi connectivity index (χ1n) is 4.71. The van der Waals surface area contributed by atoms with E-state index in [-0.39, 0.29) is 0 Å². The summed E-state index contributed by atoms with van der Waals surface area (Å²) in [5.41, 5.74) is 9.05. The van der Waals surface area contributed by atoms with Gasteiger partial charge in [0.05, 0.1) is 23.7 Å². The van der Waals surface area contributed by atoms with Crippen molar-refractivity contribution in [1.29, 1.82) is 0 Å². The van der Waals surface area contributed by atoms with Crippen LogP contribution < -0.4 is 5.73 Å². The van der Waals surface area contributed by atoms with Gasteiger partial charge in [-0.1, -0.05) is 0 Å². The number of anilines is 1. The van der Waals surface area contributed by atoms with E-state index in [0.717, 1.165) is 22.4 Å². The Bertz CT molecular complexity index is 504. The minimum absolute atomic E-state index is 0.474. The molecule has 2 aromatic heterocycles. The van der Waals surface area contributed by atoms with Crippen molar-refractivity contribution in [2.45, 2.75) is 13.5 Å². The summed E-state index contributed by atoms with van der Waals surface area (Å²) in [4.78, 5) is 4.40. The molecule has 0 radical (unpaired) electrons. The quantitative estimate of drug-likeness (QED) is 0.796. The van der Waals surface area contributed by atoms with Crippen molar-refractivity contribution >= 4 is 16.7 Å². The van der Waals surface area contributed by atoms with E-state index in [2.05, 4.69) is 10.1 Å². The van der Waals surface area contributed by atoms with Crippen LogP contribution in [0, 0.1) is 6.92 Å². The Morgan fingerprint density at radius 3 is 2.93 bits per heavy atom. The summed E-state index contributed by atoms with van der Waals surface area (Å²) < 4.78 is 6.82. The number of hydrogen-bond donors (Lipinski definition) is 1. The highest BCUT2D eigenvalue weighted by Crippen LogP contribution is 2.21. The smallest absolute Gasteiger partial charge is 0.158 e. The summed E-state index contributed by atoms with van der Waals surface area (Å²) in [5, 5.41) is 5.30. The lowest BCUT2D eigenvalue weighted by Gasteiger charge is -2.00. The van der Waals surface area contributed by atoms with E-state index in [9.17, 15) is 0 Å². The predicted octanol–water partition coefficient (Wildman–Crippen LogP) is 1.01. The van der Waals surface area contributed by atoms with E-state index in [1.165, 1.54) is 0 Å². The van der Waals surface area contributed by atoms with Gasteiger partial charge in [0.1, 0.15) is 0 Å². The Labute approximate surface area is 87.9 Å². The maximum absolute atomic E-state index is 5.82. The number of aromatic nitrogens is 3. The summed E-state index contributed by atoms with van der Waals surface area (Å²) in [6.45, 7) is 2.36. The highest BCUT2D eigenvalue weighted by Gasteiger charge is 2.11. The molecule has 2 heterocycles. The molecule has 0 bridgehead atoms. The molecule has 5 nitrogen and oxygen atoms in total. The largest absolute Gasteiger partial charge is 0.397 e. The average molecular weight is 206 g/mol. The van der Waals surface area contributed by atoms with Crippen molar-refractivity contribution in [3.8, 4) is 0 Å². The maximum Gasteiger partial charge on any atom is 0.158 e. The van der Waals surface area contributed by atoms with Crippen LogP contribution >= 0.6 is 0 Å². The number of ether oxygens (including phenoxy) is 1. The van der Waals surface area contributed by atoms with Gasteiger partial charge in [0.15, 0.2) is 5.65 Å². The van der Waals surface area contributed by atoms with Crippen LogP contribution in [0.3, 0.4) is 0 Å². The summed E-state index contributed by atoms with van der Waals surface area (Å²) in [7, 11) is 3.51. The molecule has 0 amide bonds. The topological polar surface area (TPSA) is 66.0 Å². The lowest BCUT2D eigenvalue weighted by molar-refractivity contribution is 0.182. The van der Waals surface area contributed by atoms with Gasteiger partial charge in [-0.05, 0) is 13.0 Å². The number of hydrogen-bond acceptors (Lipinski definition) is 4. The van der Waals surface area contributed by atoms with E-state index in [0.29, 0.717) is 12.3 Å². The van der Waals surface area contributed by atoms with E-state index < -0.39 is 0 Å². The Balaban J connectivity index is 2.70. The monoisotopic (exact) mass is 206 g/mol. The molecule has 80 valence electrons. The van der Waals surface area contributed by atoms with Crippen LogP contribution in [0.25, 0.3) is 11.0 Å². The Morgan fingerprint density at radius 1 is 1.53 bits per heavy atom. The Morgan fingerprint density at radius 2 is 2.27 bits per heavy atom. The molecule has 0 aliphatic carbocycles. The standard InChI is InChI=1S/C10H14N4O/c1-6-8(11)4-7-9(5-15-3)13-14(2)10(7)12-6/h4H,5,11H2,1-3H3. The van der Waals surface area contributed by atoms with Gasteiger partial charge in [-0.15, -0.1) is 0 Å². The van der Waals surface area contributed by atoms with Crippen LogP contribution in [0.1, 0.15) is 11.4 Å². The van der Waals surface area contributed by atoms with Crippen LogP contribution in [0.2, 0.25) is 0 Å². The molecule has 0 saturated heterocycles. The number of nitrogens with two attached hydrogens (primary N) is 1. The number of aryl methyl sites for hydroxylation is 2. The van der Waals surface area contributed by atoms with Crippen LogP contribution in [-0.4, -0.2) is 21.9 Å². The molecule has 0 aliphatic heterocycles. The molecule has 0 saturated carbocycles. The zero-order chi connectivity index (χ0) is 11.0. The van der Waals surface area contributed by atoms with Crippen molar-refractivity contribution in [2.75, 3.05) is 12.8 Å². The number of fused-ring (bicyclic) bond motifs is 1. The molecule has 2 aromatic rings. The lowest BCUT2D eigenvalue weighted by Crippen LogP contribution is -1.96. The SMILES string of the molecule is COCc1nn(C)c2nc(C)c(N)cc12. The molecule has 0 spiro atoms. The molecule has 0 atom stereocenters. The number of rotatable bonds is 2. The van der Waals surface area contributed by atoms with Gasteiger partial charge in [-0.25, -0.2) is 4.98 Å². The molecule has 5 heteroatoms. The molecule has 15 heavy (non-hydrogen) atoms. The molecule has 0 fully saturated rings. The molecule has 0 aromatic carbocycles. The van der Waals surface area contributed by atoms with E-state index in [1.807, 2.05) is 20.0 Å². The van der Waals surface area contributed by atoms with Crippen molar-refractivity contribution in [3.63, 3.8) is 0 Å². The second-order valence-electron chi connectivity index (χ2n) is 3.54. The number of pyridine rings is 1. The number of nitrogens with zero attached hydrogens (tertiary/aromatic N) is 3. The third-order valence-corrected chi connectivity index (χ3v) is 2.40. The second kappa shape index (κ2) is 3.51. The van der Waals surface area contributed by atoms with Crippen molar-refractivity contribution < 1.29 is 4.74 Å². The van der Waals surface area contributed by atoms with Gasteiger partial charge in [0.25, 0.3) is 0 Å². The zero-order valence-corrected chi connectivity index (χ0v) is 9.11. The fourth-order valence-corrected chi connectivity index (χ4v) is 1.59. The van der Waals surface area contributed by atoms with Gasteiger partial charge in [0, 0.05) is 19.5 Å². The minimum atomic E-state index is 0.474. The number of methoxy groups -OCH3 is 1. The zero-order valence-electron chi connectivity index (χ0n) is 9.11. The van der Waals surface area contributed by atoms with Crippen LogP contribution in [0.5, 0.6) is 0 Å². The van der Waals surface area contributed by atoms with Crippen LogP contribution in [-0.2, 0) is 18.4 Å². The van der Waals surface area contributed by atoms with Gasteiger partial charge in [0.2, 0.25) is 0 Å². The summed E-state index contributed by atoms with van der Waals surface area (Å²) in [5.74, 6) is 0. The van der Waals surface area contributed by atoms with E-state index in [1.54, 1.807) is 11.8 Å². The number of nitrogen functional groups attached to an aromatic ring is 1. The summed E-state index contributed by atoms with van der Waals surface area (Å²) in [6.07, 6.45) is 0. The first-order chi connectivity index (χ1) is 7.13. The molecule has 2 rings (SSSR count). The van der Waals surface area contributed by atoms with E-state index >= 15 is 0 Å². The molecule has 0 unspecified atom stereocenters. The maximum atomic E-state index is 5.82. The highest BCUT2D eigenvalue weighted by molar-refractivity contribution is 5.82. The third-order valence-electron chi connectivity index (χ3n) is 2.40. The minimum Gasteiger partial charge on any atom is -0.397 e. The Hall–Kier alpha value is -1.62. The van der Waals surface area contributed by atoms with Crippen molar-refractivity contribution in [3.05, 3.63) is 17.5 Å². The lowest BCUT2D eigenvalue weighted by atomic mass is 10.2. The fourth-order valence-electron chi connectivity index (χ4n) is 1.59. The third kappa shape index (κ3) is 1.55. The highest BCUT2D eigenvalue weighted by atomic mass is 16.5. The Kier molecular flexibility index (Phi) is 2.32. The van der Waals surface area contributed by atoms with Crippen LogP contribution in [0.15, 0.2) is 6.07 Å². The molecule has 2 N–H and O–H groups in total. The van der Waals surface area contributed by atoms with Crippen molar-refractivity contribution in [1.82, 2.24) is 14.8 Å².